The van der Waals surface area contributed by atoms with Crippen molar-refractivity contribution < 1.29 is 9.59 Å². The molecule has 2 rings (SSSR count). The van der Waals surface area contributed by atoms with Crippen LogP contribution in [0.2, 0.25) is 10.0 Å². The van der Waals surface area contributed by atoms with Crippen LogP contribution in [0.3, 0.4) is 0 Å². The third-order valence-corrected chi connectivity index (χ3v) is 3.66. The van der Waals surface area contributed by atoms with E-state index in [1.165, 1.54) is 12.1 Å². The van der Waals surface area contributed by atoms with E-state index >= 15 is 0 Å². The highest BCUT2D eigenvalue weighted by Crippen LogP contribution is 2.31. The Kier molecular flexibility index (Phi) is 5.84. The molecule has 0 spiro atoms. The lowest BCUT2D eigenvalue weighted by Gasteiger charge is -2.09. The van der Waals surface area contributed by atoms with Gasteiger partial charge < -0.3 is 16.4 Å². The molecule has 0 aromatic heterocycles. The maximum Gasteiger partial charge on any atom is 0.251 e. The number of halogens is 2. The minimum atomic E-state index is -0.268. The van der Waals surface area contributed by atoms with Gasteiger partial charge in [-0.3, -0.25) is 9.59 Å². The third-order valence-electron chi connectivity index (χ3n) is 3.04. The molecule has 5 nitrogen and oxygen atoms in total. The standard InChI is InChI=1S/C16H15Cl2N3O2/c17-12-8-11(9-13(18)15(12)19)21-14(22)6-7-20-16(23)10-4-2-1-3-5-10/h1-5,8-9H,6-7,19H2,(H,20,23)(H,21,22). The van der Waals surface area contributed by atoms with Crippen molar-refractivity contribution in [3.8, 4) is 0 Å². The lowest BCUT2D eigenvalue weighted by molar-refractivity contribution is -0.116. The number of carbonyl (C=O) groups is 2. The first-order valence-corrected chi connectivity index (χ1v) is 7.60. The van der Waals surface area contributed by atoms with Crippen LogP contribution in [0.1, 0.15) is 16.8 Å². The Balaban J connectivity index is 1.83. The molecular formula is C16H15Cl2N3O2. The minimum absolute atomic E-state index is 0.123. The van der Waals surface area contributed by atoms with E-state index in [9.17, 15) is 9.59 Å². The molecular weight excluding hydrogens is 337 g/mol. The fourth-order valence-electron chi connectivity index (χ4n) is 1.86. The average Bonchev–Trinajstić information content (AvgIpc) is 2.53. The van der Waals surface area contributed by atoms with Crippen LogP contribution in [0.4, 0.5) is 11.4 Å². The van der Waals surface area contributed by atoms with Crippen LogP contribution < -0.4 is 16.4 Å². The van der Waals surface area contributed by atoms with Gasteiger partial charge in [0.2, 0.25) is 5.91 Å². The fourth-order valence-corrected chi connectivity index (χ4v) is 2.35. The predicted octanol–water partition coefficient (Wildman–Crippen LogP) is 3.33. The molecule has 0 aliphatic heterocycles. The summed E-state index contributed by atoms with van der Waals surface area (Å²) < 4.78 is 0. The number of hydrogen-bond acceptors (Lipinski definition) is 3. The zero-order valence-corrected chi connectivity index (χ0v) is 13.6. The minimum Gasteiger partial charge on any atom is -0.396 e. The molecule has 23 heavy (non-hydrogen) atoms. The highest BCUT2D eigenvalue weighted by atomic mass is 35.5. The molecule has 0 bridgehead atoms. The molecule has 2 aromatic carbocycles. The second kappa shape index (κ2) is 7.85. The van der Waals surface area contributed by atoms with Gasteiger partial charge in [0.15, 0.2) is 0 Å². The van der Waals surface area contributed by atoms with E-state index < -0.39 is 0 Å². The van der Waals surface area contributed by atoms with E-state index in [1.807, 2.05) is 6.07 Å². The molecule has 2 amide bonds. The van der Waals surface area contributed by atoms with Crippen molar-refractivity contribution in [2.45, 2.75) is 6.42 Å². The zero-order valence-electron chi connectivity index (χ0n) is 12.1. The second-order valence-corrected chi connectivity index (χ2v) is 5.59. The summed E-state index contributed by atoms with van der Waals surface area (Å²) in [7, 11) is 0. The van der Waals surface area contributed by atoms with Crippen LogP contribution in [0.25, 0.3) is 0 Å². The SMILES string of the molecule is Nc1c(Cl)cc(NC(=O)CCNC(=O)c2ccccc2)cc1Cl. The molecule has 0 radical (unpaired) electrons. The largest absolute Gasteiger partial charge is 0.396 e. The Morgan fingerprint density at radius 1 is 1.04 bits per heavy atom. The van der Waals surface area contributed by atoms with E-state index in [2.05, 4.69) is 10.6 Å². The van der Waals surface area contributed by atoms with E-state index in [1.54, 1.807) is 24.3 Å². The highest BCUT2D eigenvalue weighted by molar-refractivity contribution is 6.39. The maximum atomic E-state index is 11.9. The Hall–Kier alpha value is -2.24. The summed E-state index contributed by atoms with van der Waals surface area (Å²) in [5, 5.41) is 5.86. The van der Waals surface area contributed by atoms with E-state index in [0.29, 0.717) is 11.3 Å². The summed E-state index contributed by atoms with van der Waals surface area (Å²) in [5.41, 5.74) is 6.89. The number of benzene rings is 2. The van der Waals surface area contributed by atoms with Gasteiger partial charge in [0.25, 0.3) is 5.91 Å². The van der Waals surface area contributed by atoms with Gasteiger partial charge in [-0.15, -0.1) is 0 Å². The van der Waals surface area contributed by atoms with Crippen LogP contribution in [0.5, 0.6) is 0 Å². The molecule has 0 heterocycles. The smallest absolute Gasteiger partial charge is 0.251 e. The Morgan fingerprint density at radius 3 is 2.26 bits per heavy atom. The Morgan fingerprint density at radius 2 is 1.65 bits per heavy atom. The van der Waals surface area contributed by atoms with Gasteiger partial charge in [-0.1, -0.05) is 41.4 Å². The summed E-state index contributed by atoms with van der Waals surface area (Å²) >= 11 is 11.8. The van der Waals surface area contributed by atoms with E-state index in [4.69, 9.17) is 28.9 Å². The predicted molar refractivity (Wildman–Crippen MR) is 92.9 cm³/mol. The van der Waals surface area contributed by atoms with Crippen LogP contribution in [0.15, 0.2) is 42.5 Å². The summed E-state index contributed by atoms with van der Waals surface area (Å²) in [5.74, 6) is -0.493. The number of rotatable bonds is 5. The van der Waals surface area contributed by atoms with Crippen molar-refractivity contribution in [3.05, 3.63) is 58.1 Å². The fraction of sp³-hybridized carbons (Fsp3) is 0.125. The van der Waals surface area contributed by atoms with Crippen molar-refractivity contribution >= 4 is 46.4 Å². The van der Waals surface area contributed by atoms with E-state index in [-0.39, 0.29) is 40.5 Å². The molecule has 0 saturated carbocycles. The van der Waals surface area contributed by atoms with Gasteiger partial charge in [0, 0.05) is 24.2 Å². The van der Waals surface area contributed by atoms with Crippen LogP contribution >= 0.6 is 23.2 Å². The third kappa shape index (κ3) is 4.87. The Labute approximate surface area is 143 Å². The first kappa shape index (κ1) is 17.1. The quantitative estimate of drug-likeness (QED) is 0.722. The average molecular weight is 352 g/mol. The number of carbonyl (C=O) groups excluding carboxylic acids is 2. The summed E-state index contributed by atoms with van der Waals surface area (Å²) in [4.78, 5) is 23.7. The van der Waals surface area contributed by atoms with Crippen molar-refractivity contribution in [1.29, 1.82) is 0 Å². The van der Waals surface area contributed by atoms with Crippen LogP contribution in [-0.4, -0.2) is 18.4 Å². The zero-order chi connectivity index (χ0) is 16.8. The molecule has 0 saturated heterocycles. The highest BCUT2D eigenvalue weighted by Gasteiger charge is 2.09. The molecule has 0 unspecified atom stereocenters. The molecule has 0 fully saturated rings. The lowest BCUT2D eigenvalue weighted by Crippen LogP contribution is -2.27. The van der Waals surface area contributed by atoms with Gasteiger partial charge in [0.1, 0.15) is 0 Å². The van der Waals surface area contributed by atoms with Crippen molar-refractivity contribution in [2.24, 2.45) is 0 Å². The van der Waals surface area contributed by atoms with Crippen molar-refractivity contribution in [3.63, 3.8) is 0 Å². The van der Waals surface area contributed by atoms with Gasteiger partial charge in [0.05, 0.1) is 15.7 Å². The molecule has 0 aliphatic rings. The number of nitrogens with one attached hydrogen (secondary N) is 2. The summed E-state index contributed by atoms with van der Waals surface area (Å²) in [6.45, 7) is 0.218. The number of amides is 2. The Bertz CT molecular complexity index is 698. The lowest BCUT2D eigenvalue weighted by atomic mass is 10.2. The number of hydrogen-bond donors (Lipinski definition) is 3. The molecule has 120 valence electrons. The number of anilines is 2. The second-order valence-electron chi connectivity index (χ2n) is 4.77. The molecule has 0 aliphatic carbocycles. The number of nitrogens with two attached hydrogens (primary N) is 1. The normalized spacial score (nSPS) is 10.2. The first-order chi connectivity index (χ1) is 11.0. The molecule has 0 atom stereocenters. The van der Waals surface area contributed by atoms with Crippen LogP contribution in [-0.2, 0) is 4.79 Å². The van der Waals surface area contributed by atoms with Gasteiger partial charge in [-0.05, 0) is 24.3 Å². The summed E-state index contributed by atoms with van der Waals surface area (Å²) in [6.07, 6.45) is 0.123. The summed E-state index contributed by atoms with van der Waals surface area (Å²) in [6, 6.07) is 11.8. The molecule has 2 aromatic rings. The first-order valence-electron chi connectivity index (χ1n) is 6.85. The number of nitrogen functional groups attached to an aromatic ring is 1. The van der Waals surface area contributed by atoms with Crippen molar-refractivity contribution in [1.82, 2.24) is 5.32 Å². The molecule has 7 heteroatoms. The van der Waals surface area contributed by atoms with Crippen molar-refractivity contribution in [2.75, 3.05) is 17.6 Å². The van der Waals surface area contributed by atoms with E-state index in [0.717, 1.165) is 0 Å². The topological polar surface area (TPSA) is 84.2 Å². The maximum absolute atomic E-state index is 11.9. The van der Waals surface area contributed by atoms with Gasteiger partial charge in [-0.2, -0.15) is 0 Å². The monoisotopic (exact) mass is 351 g/mol. The van der Waals surface area contributed by atoms with Gasteiger partial charge >= 0.3 is 0 Å². The van der Waals surface area contributed by atoms with Crippen LogP contribution in [0, 0.1) is 0 Å². The van der Waals surface area contributed by atoms with Gasteiger partial charge in [-0.25, -0.2) is 0 Å². The molecule has 4 N–H and O–H groups in total.